The first-order valence-electron chi connectivity index (χ1n) is 5.17. The van der Waals surface area contributed by atoms with Gasteiger partial charge in [0.05, 0.1) is 0 Å². The molecule has 4 nitrogen and oxygen atoms in total. The standard InChI is InChI=1S/C10H14N4S/c1-3-4-5-15-10-8-9(11-6-12-10)14-7(2)13-8/h6,8H,3-5H2,1-2H3. The summed E-state index contributed by atoms with van der Waals surface area (Å²) >= 11 is 1.77. The van der Waals surface area contributed by atoms with Gasteiger partial charge in [0, 0.05) is 0 Å². The van der Waals surface area contributed by atoms with Gasteiger partial charge in [-0.05, 0) is 19.1 Å². The highest BCUT2D eigenvalue weighted by molar-refractivity contribution is 8.14. The molecule has 0 amide bonds. The molecule has 0 aliphatic carbocycles. The number of thioether (sulfide) groups is 1. The van der Waals surface area contributed by atoms with Gasteiger partial charge >= 0.3 is 0 Å². The number of rotatable bonds is 3. The van der Waals surface area contributed by atoms with Crippen LogP contribution in [0.1, 0.15) is 26.7 Å². The number of aliphatic imine (C=N–C) groups is 4. The van der Waals surface area contributed by atoms with Crippen LogP contribution in [0.25, 0.3) is 0 Å². The van der Waals surface area contributed by atoms with Gasteiger partial charge in [0.2, 0.25) is 0 Å². The van der Waals surface area contributed by atoms with Gasteiger partial charge in [-0.3, -0.25) is 4.99 Å². The minimum absolute atomic E-state index is 0.0168. The lowest BCUT2D eigenvalue weighted by atomic mass is 10.3. The van der Waals surface area contributed by atoms with E-state index in [-0.39, 0.29) is 6.04 Å². The second-order valence-electron chi connectivity index (χ2n) is 3.46. The van der Waals surface area contributed by atoms with Crippen LogP contribution in [0.3, 0.4) is 0 Å². The van der Waals surface area contributed by atoms with E-state index in [1.807, 2.05) is 6.92 Å². The Kier molecular flexibility index (Phi) is 3.30. The summed E-state index contributed by atoms with van der Waals surface area (Å²) in [5.41, 5.74) is 0. The van der Waals surface area contributed by atoms with E-state index in [1.165, 1.54) is 12.8 Å². The molecule has 0 bridgehead atoms. The van der Waals surface area contributed by atoms with Crippen LogP contribution in [0.5, 0.6) is 0 Å². The zero-order valence-electron chi connectivity index (χ0n) is 8.97. The average Bonchev–Trinajstić information content (AvgIpc) is 2.59. The lowest BCUT2D eigenvalue weighted by Crippen LogP contribution is -2.25. The predicted octanol–water partition coefficient (Wildman–Crippen LogP) is 2.16. The molecule has 5 heteroatoms. The normalized spacial score (nSPS) is 23.3. The lowest BCUT2D eigenvalue weighted by Gasteiger charge is -2.12. The first-order chi connectivity index (χ1) is 7.31. The van der Waals surface area contributed by atoms with E-state index in [9.17, 15) is 0 Å². The van der Waals surface area contributed by atoms with Crippen molar-refractivity contribution in [2.75, 3.05) is 5.75 Å². The van der Waals surface area contributed by atoms with Gasteiger partial charge in [-0.15, -0.1) is 11.8 Å². The number of fused-ring (bicyclic) bond motifs is 1. The van der Waals surface area contributed by atoms with E-state index in [4.69, 9.17) is 0 Å². The maximum absolute atomic E-state index is 4.42. The van der Waals surface area contributed by atoms with Crippen LogP contribution in [-0.2, 0) is 0 Å². The molecular weight excluding hydrogens is 208 g/mol. The summed E-state index contributed by atoms with van der Waals surface area (Å²) in [5.74, 6) is 2.70. The third-order valence-electron chi connectivity index (χ3n) is 2.19. The fourth-order valence-electron chi connectivity index (χ4n) is 1.42. The van der Waals surface area contributed by atoms with Gasteiger partial charge in [0.1, 0.15) is 17.2 Å². The minimum Gasteiger partial charge on any atom is -0.252 e. The molecule has 0 spiro atoms. The molecule has 2 heterocycles. The zero-order chi connectivity index (χ0) is 10.7. The van der Waals surface area contributed by atoms with Gasteiger partial charge in [0.25, 0.3) is 0 Å². The Morgan fingerprint density at radius 2 is 2.33 bits per heavy atom. The van der Waals surface area contributed by atoms with Gasteiger partial charge in [0.15, 0.2) is 11.9 Å². The highest BCUT2D eigenvalue weighted by atomic mass is 32.2. The SMILES string of the molecule is CCCCSC1=NC=NC2=NC(C)=NC21. The quantitative estimate of drug-likeness (QED) is 0.675. The van der Waals surface area contributed by atoms with E-state index in [1.54, 1.807) is 18.1 Å². The molecular formula is C10H14N4S. The molecule has 0 aromatic heterocycles. The summed E-state index contributed by atoms with van der Waals surface area (Å²) in [6, 6.07) is -0.0168. The van der Waals surface area contributed by atoms with Crippen molar-refractivity contribution in [3.05, 3.63) is 0 Å². The van der Waals surface area contributed by atoms with Crippen molar-refractivity contribution in [3.8, 4) is 0 Å². The van der Waals surface area contributed by atoms with Gasteiger partial charge in [-0.25, -0.2) is 15.0 Å². The number of hydrogen-bond acceptors (Lipinski definition) is 5. The smallest absolute Gasteiger partial charge is 0.163 e. The molecule has 0 saturated heterocycles. The summed E-state index contributed by atoms with van der Waals surface area (Å²) in [6.45, 7) is 4.09. The Balaban J connectivity index is 2.03. The highest BCUT2D eigenvalue weighted by Gasteiger charge is 2.27. The van der Waals surface area contributed by atoms with Gasteiger partial charge < -0.3 is 0 Å². The number of hydrogen-bond donors (Lipinski definition) is 0. The van der Waals surface area contributed by atoms with Crippen LogP contribution in [-0.4, -0.2) is 34.8 Å². The predicted molar refractivity (Wildman–Crippen MR) is 67.6 cm³/mol. The van der Waals surface area contributed by atoms with Crippen molar-refractivity contribution in [2.24, 2.45) is 20.0 Å². The lowest BCUT2D eigenvalue weighted by molar-refractivity contribution is 0.898. The molecule has 0 saturated carbocycles. The fourth-order valence-corrected chi connectivity index (χ4v) is 2.50. The molecule has 0 aromatic rings. The largest absolute Gasteiger partial charge is 0.252 e. The van der Waals surface area contributed by atoms with Gasteiger partial charge in [-0.2, -0.15) is 0 Å². The summed E-state index contributed by atoms with van der Waals surface area (Å²) in [6.07, 6.45) is 4.00. The van der Waals surface area contributed by atoms with Crippen molar-refractivity contribution in [3.63, 3.8) is 0 Å². The van der Waals surface area contributed by atoms with Crippen LogP contribution in [0.15, 0.2) is 20.0 Å². The summed E-state index contributed by atoms with van der Waals surface area (Å²) in [7, 11) is 0. The Morgan fingerprint density at radius 1 is 1.47 bits per heavy atom. The highest BCUT2D eigenvalue weighted by Crippen LogP contribution is 2.20. The van der Waals surface area contributed by atoms with Crippen molar-refractivity contribution in [2.45, 2.75) is 32.7 Å². The van der Waals surface area contributed by atoms with E-state index in [0.29, 0.717) is 0 Å². The topological polar surface area (TPSA) is 49.4 Å². The molecule has 0 radical (unpaired) electrons. The maximum Gasteiger partial charge on any atom is 0.163 e. The number of nitrogens with zero attached hydrogens (tertiary/aromatic N) is 4. The van der Waals surface area contributed by atoms with Crippen molar-refractivity contribution in [1.82, 2.24) is 0 Å². The minimum atomic E-state index is -0.0168. The Morgan fingerprint density at radius 3 is 3.13 bits per heavy atom. The molecule has 2 rings (SSSR count). The van der Waals surface area contributed by atoms with Crippen LogP contribution < -0.4 is 0 Å². The first kappa shape index (κ1) is 10.5. The van der Waals surface area contributed by atoms with E-state index >= 15 is 0 Å². The molecule has 1 atom stereocenters. The maximum atomic E-state index is 4.42. The summed E-state index contributed by atoms with van der Waals surface area (Å²) < 4.78 is 0. The van der Waals surface area contributed by atoms with E-state index in [2.05, 4.69) is 26.9 Å². The second-order valence-corrected chi connectivity index (χ2v) is 4.58. The van der Waals surface area contributed by atoms with E-state index < -0.39 is 0 Å². The molecule has 0 aromatic carbocycles. The number of amidine groups is 2. The Bertz CT molecular complexity index is 368. The summed E-state index contributed by atoms with van der Waals surface area (Å²) in [5, 5.41) is 1.04. The molecule has 2 aliphatic heterocycles. The van der Waals surface area contributed by atoms with Crippen LogP contribution in [0.2, 0.25) is 0 Å². The average molecular weight is 222 g/mol. The Labute approximate surface area is 93.7 Å². The first-order valence-corrected chi connectivity index (χ1v) is 6.16. The zero-order valence-corrected chi connectivity index (χ0v) is 9.79. The van der Waals surface area contributed by atoms with Crippen molar-refractivity contribution >= 4 is 34.8 Å². The van der Waals surface area contributed by atoms with E-state index in [0.717, 1.165) is 22.5 Å². The van der Waals surface area contributed by atoms with Crippen LogP contribution >= 0.6 is 11.8 Å². The fraction of sp³-hybridized carbons (Fsp3) is 0.600. The molecule has 0 N–H and O–H groups in total. The van der Waals surface area contributed by atoms with Gasteiger partial charge in [-0.1, -0.05) is 13.3 Å². The van der Waals surface area contributed by atoms with Crippen LogP contribution in [0, 0.1) is 0 Å². The van der Waals surface area contributed by atoms with Crippen molar-refractivity contribution in [1.29, 1.82) is 0 Å². The molecule has 0 fully saturated rings. The third-order valence-corrected chi connectivity index (χ3v) is 3.31. The monoisotopic (exact) mass is 222 g/mol. The molecule has 2 aliphatic rings. The third kappa shape index (κ3) is 2.34. The second kappa shape index (κ2) is 4.70. The molecule has 80 valence electrons. The Hall–Kier alpha value is -0.970. The molecule has 1 unspecified atom stereocenters. The number of unbranched alkanes of at least 4 members (excludes halogenated alkanes) is 1. The van der Waals surface area contributed by atoms with Crippen LogP contribution in [0.4, 0.5) is 0 Å². The summed E-state index contributed by atoms with van der Waals surface area (Å²) in [4.78, 5) is 17.1. The van der Waals surface area contributed by atoms with Crippen molar-refractivity contribution < 1.29 is 0 Å². The molecule has 15 heavy (non-hydrogen) atoms.